The molecule has 1 saturated heterocycles. The number of nitrogens with zero attached hydrogens (tertiary/aromatic N) is 5. The fourth-order valence-corrected chi connectivity index (χ4v) is 5.52. The Balaban J connectivity index is 1.31. The first kappa shape index (κ1) is 25.9. The van der Waals surface area contributed by atoms with Crippen molar-refractivity contribution in [2.24, 2.45) is 0 Å². The molecular formula is C27H31ClN6O2S. The van der Waals surface area contributed by atoms with Crippen LogP contribution in [0, 0.1) is 6.92 Å². The van der Waals surface area contributed by atoms with Crippen molar-refractivity contribution >= 4 is 51.3 Å². The van der Waals surface area contributed by atoms with E-state index in [1.165, 1.54) is 11.8 Å². The monoisotopic (exact) mass is 538 g/mol. The molecular weight excluding hydrogens is 508 g/mol. The Morgan fingerprint density at radius 2 is 2.03 bits per heavy atom. The number of aromatic nitrogens is 4. The summed E-state index contributed by atoms with van der Waals surface area (Å²) >= 11 is 7.57. The minimum atomic E-state index is -0.337. The van der Waals surface area contributed by atoms with E-state index in [1.807, 2.05) is 31.2 Å². The molecule has 1 amide bonds. The van der Waals surface area contributed by atoms with E-state index in [0.717, 1.165) is 72.5 Å². The van der Waals surface area contributed by atoms with Crippen LogP contribution in [-0.2, 0) is 16.1 Å². The molecule has 0 radical (unpaired) electrons. The predicted octanol–water partition coefficient (Wildman–Crippen LogP) is 4.31. The average Bonchev–Trinajstić information content (AvgIpc) is 3.19. The lowest BCUT2D eigenvalue weighted by atomic mass is 10.1. The van der Waals surface area contributed by atoms with Crippen molar-refractivity contribution in [3.8, 4) is 0 Å². The number of ether oxygens (including phenoxy) is 1. The molecule has 1 unspecified atom stereocenters. The van der Waals surface area contributed by atoms with Crippen LogP contribution in [0.4, 0.5) is 0 Å². The molecule has 1 atom stereocenters. The lowest BCUT2D eigenvalue weighted by molar-refractivity contribution is -0.120. The number of nitrogens with one attached hydrogen (secondary N) is 1. The van der Waals surface area contributed by atoms with Gasteiger partial charge in [-0.2, -0.15) is 0 Å². The highest BCUT2D eigenvalue weighted by Crippen LogP contribution is 2.30. The van der Waals surface area contributed by atoms with Crippen LogP contribution in [0.1, 0.15) is 24.5 Å². The molecule has 1 fully saturated rings. The Morgan fingerprint density at radius 3 is 2.84 bits per heavy atom. The van der Waals surface area contributed by atoms with Gasteiger partial charge in [-0.15, -0.1) is 10.2 Å². The van der Waals surface area contributed by atoms with Gasteiger partial charge in [0.1, 0.15) is 5.52 Å². The molecule has 0 aliphatic carbocycles. The van der Waals surface area contributed by atoms with Gasteiger partial charge in [-0.05, 0) is 56.6 Å². The molecule has 8 nitrogen and oxygen atoms in total. The number of morpholine rings is 1. The number of amides is 1. The molecule has 3 heterocycles. The first-order chi connectivity index (χ1) is 18.0. The third-order valence-corrected chi connectivity index (χ3v) is 7.72. The van der Waals surface area contributed by atoms with E-state index < -0.39 is 0 Å². The third-order valence-electron chi connectivity index (χ3n) is 6.54. The van der Waals surface area contributed by atoms with Crippen LogP contribution >= 0.6 is 23.4 Å². The lowest BCUT2D eigenvalue weighted by Crippen LogP contribution is -2.38. The topological polar surface area (TPSA) is 85.2 Å². The maximum atomic E-state index is 12.7. The van der Waals surface area contributed by atoms with Crippen molar-refractivity contribution in [3.63, 3.8) is 0 Å². The highest BCUT2D eigenvalue weighted by Gasteiger charge is 2.20. The van der Waals surface area contributed by atoms with E-state index in [9.17, 15) is 4.79 Å². The predicted molar refractivity (Wildman–Crippen MR) is 148 cm³/mol. The van der Waals surface area contributed by atoms with Gasteiger partial charge in [0, 0.05) is 36.6 Å². The van der Waals surface area contributed by atoms with E-state index in [4.69, 9.17) is 21.3 Å². The summed E-state index contributed by atoms with van der Waals surface area (Å²) in [4.78, 5) is 20.0. The Labute approximate surface area is 225 Å². The second-order valence-corrected chi connectivity index (χ2v) is 11.1. The van der Waals surface area contributed by atoms with Crippen LogP contribution in [0.2, 0.25) is 5.02 Å². The zero-order valence-corrected chi connectivity index (χ0v) is 22.7. The van der Waals surface area contributed by atoms with Gasteiger partial charge in [0.05, 0.1) is 24.0 Å². The fourth-order valence-electron chi connectivity index (χ4n) is 4.58. The largest absolute Gasteiger partial charge is 0.379 e. The number of fused-ring (bicyclic) bond motifs is 3. The summed E-state index contributed by atoms with van der Waals surface area (Å²) in [6.45, 7) is 9.64. The number of benzene rings is 2. The van der Waals surface area contributed by atoms with Crippen LogP contribution in [0.15, 0.2) is 47.6 Å². The molecule has 5 rings (SSSR count). The van der Waals surface area contributed by atoms with Crippen LogP contribution in [-0.4, -0.2) is 75.2 Å². The zero-order valence-electron chi connectivity index (χ0n) is 21.1. The second-order valence-electron chi connectivity index (χ2n) is 9.36. The van der Waals surface area contributed by atoms with Crippen LogP contribution in [0.5, 0.6) is 0 Å². The molecule has 1 N–H and O–H groups in total. The Bertz CT molecular complexity index is 1400. The van der Waals surface area contributed by atoms with Gasteiger partial charge in [-0.3, -0.25) is 9.69 Å². The molecule has 4 aromatic rings. The summed E-state index contributed by atoms with van der Waals surface area (Å²) in [5.41, 5.74) is 4.76. The lowest BCUT2D eigenvalue weighted by Gasteiger charge is -2.26. The van der Waals surface area contributed by atoms with Crippen molar-refractivity contribution < 1.29 is 9.53 Å². The van der Waals surface area contributed by atoms with Gasteiger partial charge in [0.15, 0.2) is 5.65 Å². The van der Waals surface area contributed by atoms with E-state index in [0.29, 0.717) is 23.3 Å². The summed E-state index contributed by atoms with van der Waals surface area (Å²) in [6.07, 6.45) is 0.913. The molecule has 0 spiro atoms. The van der Waals surface area contributed by atoms with Gasteiger partial charge in [-0.1, -0.05) is 47.1 Å². The third kappa shape index (κ3) is 6.23. The number of thioether (sulfide) groups is 1. The molecule has 0 bridgehead atoms. The van der Waals surface area contributed by atoms with E-state index in [-0.39, 0.29) is 11.2 Å². The Kier molecular flexibility index (Phi) is 8.24. The molecule has 37 heavy (non-hydrogen) atoms. The number of carbonyl (C=O) groups is 1. The maximum absolute atomic E-state index is 12.7. The van der Waals surface area contributed by atoms with Crippen molar-refractivity contribution in [3.05, 3.63) is 58.6 Å². The molecule has 1 aliphatic heterocycles. The van der Waals surface area contributed by atoms with E-state index in [1.54, 1.807) is 0 Å². The van der Waals surface area contributed by atoms with Gasteiger partial charge in [0.25, 0.3) is 0 Å². The van der Waals surface area contributed by atoms with Gasteiger partial charge in [0.2, 0.25) is 11.1 Å². The number of hydrogen-bond donors (Lipinski definition) is 1. The van der Waals surface area contributed by atoms with Crippen LogP contribution < -0.4 is 5.32 Å². The number of hydrogen-bond acceptors (Lipinski definition) is 7. The summed E-state index contributed by atoms with van der Waals surface area (Å²) in [6, 6.07) is 14.1. The minimum Gasteiger partial charge on any atom is -0.379 e. The van der Waals surface area contributed by atoms with Crippen LogP contribution in [0.25, 0.3) is 22.1 Å². The molecule has 194 valence electrons. The second kappa shape index (κ2) is 11.8. The van der Waals surface area contributed by atoms with Gasteiger partial charge < -0.3 is 14.6 Å². The van der Waals surface area contributed by atoms with E-state index in [2.05, 4.69) is 50.1 Å². The van der Waals surface area contributed by atoms with Gasteiger partial charge in [-0.25, -0.2) is 4.98 Å². The summed E-state index contributed by atoms with van der Waals surface area (Å²) in [7, 11) is 0. The Morgan fingerprint density at radius 1 is 1.19 bits per heavy atom. The maximum Gasteiger partial charge on any atom is 0.233 e. The normalized spacial score (nSPS) is 15.3. The van der Waals surface area contributed by atoms with Crippen molar-refractivity contribution in [1.29, 1.82) is 0 Å². The van der Waals surface area contributed by atoms with Crippen molar-refractivity contribution in [2.75, 3.05) is 39.4 Å². The Hall–Kier alpha value is -2.72. The number of aryl methyl sites for hydroxylation is 1. The van der Waals surface area contributed by atoms with Gasteiger partial charge >= 0.3 is 0 Å². The van der Waals surface area contributed by atoms with Crippen molar-refractivity contribution in [2.45, 2.75) is 37.2 Å². The number of halogens is 1. The smallest absolute Gasteiger partial charge is 0.233 e. The summed E-state index contributed by atoms with van der Waals surface area (Å²) in [5.74, 6) is -0.0224. The number of rotatable bonds is 9. The quantitative estimate of drug-likeness (QED) is 0.251. The summed E-state index contributed by atoms with van der Waals surface area (Å²) < 4.78 is 7.53. The summed E-state index contributed by atoms with van der Waals surface area (Å²) in [5, 5.41) is 13.8. The molecule has 10 heteroatoms. The fraction of sp³-hybridized carbons (Fsp3) is 0.407. The molecule has 1 aliphatic rings. The van der Waals surface area contributed by atoms with Crippen molar-refractivity contribution in [1.82, 2.24) is 30.0 Å². The first-order valence-electron chi connectivity index (χ1n) is 12.6. The highest BCUT2D eigenvalue weighted by molar-refractivity contribution is 8.00. The first-order valence-corrected chi connectivity index (χ1v) is 13.9. The zero-order chi connectivity index (χ0) is 25.8. The SMILES string of the molecule is Cc1ccc2c(c1)c1nnc(SC(C)C(=O)NCCCN3CCOCC3)nc1n2Cc1cccc(Cl)c1. The van der Waals surface area contributed by atoms with E-state index >= 15 is 0 Å². The number of carbonyl (C=O) groups excluding carboxylic acids is 1. The molecule has 2 aromatic carbocycles. The molecule has 2 aromatic heterocycles. The van der Waals surface area contributed by atoms with Crippen LogP contribution in [0.3, 0.4) is 0 Å². The minimum absolute atomic E-state index is 0.0224. The standard InChI is InChI=1S/C27H31ClN6O2S/c1-18-7-8-23-22(15-18)24-25(34(23)17-20-5-3-6-21(28)16-20)30-27(32-31-24)37-19(2)26(35)29-9-4-10-33-11-13-36-14-12-33/h3,5-8,15-16,19H,4,9-14,17H2,1-2H3,(H,29,35). The highest BCUT2D eigenvalue weighted by atomic mass is 35.5. The molecule has 0 saturated carbocycles. The average molecular weight is 539 g/mol.